The van der Waals surface area contributed by atoms with Crippen molar-refractivity contribution in [2.75, 3.05) is 5.32 Å². The van der Waals surface area contributed by atoms with Crippen molar-refractivity contribution >= 4 is 27.5 Å². The van der Waals surface area contributed by atoms with Gasteiger partial charge in [0.15, 0.2) is 0 Å². The molecule has 2 aromatic rings. The van der Waals surface area contributed by atoms with Gasteiger partial charge in [0.2, 0.25) is 21.8 Å². The SMILES string of the molecule is CC(=O)NC1(C(=O)Nc2cccc(S(=O)(=O)NCc3ccco3)c2)CCCCC1. The maximum Gasteiger partial charge on any atom is 0.250 e. The van der Waals surface area contributed by atoms with Crippen LogP contribution in [0.5, 0.6) is 0 Å². The van der Waals surface area contributed by atoms with E-state index in [0.29, 0.717) is 24.3 Å². The third-order valence-electron chi connectivity index (χ3n) is 4.98. The summed E-state index contributed by atoms with van der Waals surface area (Å²) >= 11 is 0. The van der Waals surface area contributed by atoms with E-state index in [-0.39, 0.29) is 23.3 Å². The van der Waals surface area contributed by atoms with Crippen LogP contribution in [0, 0.1) is 0 Å². The molecule has 0 atom stereocenters. The molecule has 0 aliphatic heterocycles. The summed E-state index contributed by atoms with van der Waals surface area (Å²) < 4.78 is 32.7. The summed E-state index contributed by atoms with van der Waals surface area (Å²) in [7, 11) is -3.78. The lowest BCUT2D eigenvalue weighted by Crippen LogP contribution is -2.57. The minimum absolute atomic E-state index is 0.0254. The van der Waals surface area contributed by atoms with Crippen molar-refractivity contribution < 1.29 is 22.4 Å². The normalized spacial score (nSPS) is 16.2. The first kappa shape index (κ1) is 21.1. The van der Waals surface area contributed by atoms with Gasteiger partial charge in [-0.15, -0.1) is 0 Å². The molecule has 0 unspecified atom stereocenters. The molecular formula is C20H25N3O5S. The zero-order valence-electron chi connectivity index (χ0n) is 16.2. The van der Waals surface area contributed by atoms with E-state index >= 15 is 0 Å². The number of amides is 2. The Bertz CT molecular complexity index is 964. The van der Waals surface area contributed by atoms with E-state index in [0.717, 1.165) is 19.3 Å². The highest BCUT2D eigenvalue weighted by atomic mass is 32.2. The van der Waals surface area contributed by atoms with Crippen molar-refractivity contribution in [1.29, 1.82) is 0 Å². The molecular weight excluding hydrogens is 394 g/mol. The van der Waals surface area contributed by atoms with Crippen LogP contribution >= 0.6 is 0 Å². The van der Waals surface area contributed by atoms with Gasteiger partial charge in [0, 0.05) is 12.6 Å². The number of hydrogen-bond donors (Lipinski definition) is 3. The van der Waals surface area contributed by atoms with Gasteiger partial charge in [0.25, 0.3) is 0 Å². The number of benzene rings is 1. The number of carbonyl (C=O) groups excluding carboxylic acids is 2. The minimum atomic E-state index is -3.78. The molecule has 3 rings (SSSR count). The van der Waals surface area contributed by atoms with Gasteiger partial charge in [-0.25, -0.2) is 13.1 Å². The van der Waals surface area contributed by atoms with Gasteiger partial charge in [-0.1, -0.05) is 25.3 Å². The van der Waals surface area contributed by atoms with E-state index in [9.17, 15) is 18.0 Å². The summed E-state index contributed by atoms with van der Waals surface area (Å²) in [4.78, 5) is 24.6. The molecule has 9 heteroatoms. The van der Waals surface area contributed by atoms with Crippen molar-refractivity contribution in [1.82, 2.24) is 10.0 Å². The van der Waals surface area contributed by atoms with Gasteiger partial charge < -0.3 is 15.1 Å². The first-order chi connectivity index (χ1) is 13.8. The second kappa shape index (κ2) is 8.79. The van der Waals surface area contributed by atoms with Crippen molar-refractivity contribution in [3.63, 3.8) is 0 Å². The largest absolute Gasteiger partial charge is 0.468 e. The number of rotatable bonds is 7. The smallest absolute Gasteiger partial charge is 0.250 e. The first-order valence-corrected chi connectivity index (χ1v) is 11.0. The fourth-order valence-electron chi connectivity index (χ4n) is 3.56. The van der Waals surface area contributed by atoms with E-state index in [2.05, 4.69) is 15.4 Å². The molecule has 3 N–H and O–H groups in total. The minimum Gasteiger partial charge on any atom is -0.468 e. The Morgan fingerprint density at radius 3 is 2.52 bits per heavy atom. The molecule has 8 nitrogen and oxygen atoms in total. The number of furan rings is 1. The summed E-state index contributed by atoms with van der Waals surface area (Å²) in [5, 5.41) is 5.58. The molecule has 0 spiro atoms. The van der Waals surface area contributed by atoms with E-state index in [1.54, 1.807) is 24.3 Å². The van der Waals surface area contributed by atoms with E-state index < -0.39 is 15.6 Å². The van der Waals surface area contributed by atoms with Crippen molar-refractivity contribution in [3.05, 3.63) is 48.4 Å². The van der Waals surface area contributed by atoms with Crippen LogP contribution in [-0.2, 0) is 26.2 Å². The molecule has 1 aliphatic rings. The standard InChI is InChI=1S/C20H25N3O5S/c1-15(24)23-20(10-3-2-4-11-20)19(25)22-16-7-5-9-18(13-16)29(26,27)21-14-17-8-6-12-28-17/h5-9,12-13,21H,2-4,10-11,14H2,1H3,(H,22,25)(H,23,24). The number of anilines is 1. The van der Waals surface area contributed by atoms with Crippen LogP contribution in [0.1, 0.15) is 44.8 Å². The van der Waals surface area contributed by atoms with Crippen molar-refractivity contribution in [3.8, 4) is 0 Å². The van der Waals surface area contributed by atoms with Crippen molar-refractivity contribution in [2.45, 2.75) is 56.0 Å². The zero-order valence-corrected chi connectivity index (χ0v) is 17.1. The molecule has 2 amide bonds. The summed E-state index contributed by atoms with van der Waals surface area (Å²) in [6, 6.07) is 9.37. The van der Waals surface area contributed by atoms with E-state index in [4.69, 9.17) is 4.42 Å². The van der Waals surface area contributed by atoms with Gasteiger partial charge in [0.1, 0.15) is 11.3 Å². The Balaban J connectivity index is 1.74. The molecule has 1 fully saturated rings. The third-order valence-corrected chi connectivity index (χ3v) is 6.37. The molecule has 0 saturated heterocycles. The topological polar surface area (TPSA) is 118 Å². The highest BCUT2D eigenvalue weighted by Crippen LogP contribution is 2.30. The molecule has 1 heterocycles. The molecule has 29 heavy (non-hydrogen) atoms. The summed E-state index contributed by atoms with van der Waals surface area (Å²) in [6.45, 7) is 1.42. The van der Waals surface area contributed by atoms with Crippen LogP contribution in [0.4, 0.5) is 5.69 Å². The number of hydrogen-bond acceptors (Lipinski definition) is 5. The predicted molar refractivity (Wildman–Crippen MR) is 107 cm³/mol. The Morgan fingerprint density at radius 1 is 1.10 bits per heavy atom. The van der Waals surface area contributed by atoms with Crippen LogP contribution < -0.4 is 15.4 Å². The molecule has 0 bridgehead atoms. The molecule has 1 aliphatic carbocycles. The molecule has 0 radical (unpaired) electrons. The molecule has 1 aromatic carbocycles. The lowest BCUT2D eigenvalue weighted by molar-refractivity contribution is -0.130. The molecule has 156 valence electrons. The number of carbonyl (C=O) groups is 2. The third kappa shape index (κ3) is 5.24. The molecule has 1 saturated carbocycles. The Kier molecular flexibility index (Phi) is 6.39. The maximum absolute atomic E-state index is 13.0. The average Bonchev–Trinajstić information content (AvgIpc) is 3.21. The van der Waals surface area contributed by atoms with Gasteiger partial charge in [0.05, 0.1) is 17.7 Å². The Morgan fingerprint density at radius 2 is 1.86 bits per heavy atom. The fourth-order valence-corrected chi connectivity index (χ4v) is 4.59. The average molecular weight is 420 g/mol. The van der Waals surface area contributed by atoms with Crippen LogP contribution in [0.3, 0.4) is 0 Å². The van der Waals surface area contributed by atoms with Gasteiger partial charge in [-0.2, -0.15) is 0 Å². The zero-order chi connectivity index (χ0) is 20.9. The monoisotopic (exact) mass is 419 g/mol. The summed E-state index contributed by atoms with van der Waals surface area (Å²) in [6.07, 6.45) is 5.29. The predicted octanol–water partition coefficient (Wildman–Crippen LogP) is 2.54. The second-order valence-corrected chi connectivity index (χ2v) is 8.98. The quantitative estimate of drug-likeness (QED) is 0.637. The van der Waals surface area contributed by atoms with Gasteiger partial charge in [-0.3, -0.25) is 9.59 Å². The maximum atomic E-state index is 13.0. The highest BCUT2D eigenvalue weighted by molar-refractivity contribution is 7.89. The molecule has 1 aromatic heterocycles. The lowest BCUT2D eigenvalue weighted by atomic mass is 9.80. The number of nitrogens with one attached hydrogen (secondary N) is 3. The Labute approximate surface area is 170 Å². The lowest BCUT2D eigenvalue weighted by Gasteiger charge is -2.36. The van der Waals surface area contributed by atoms with Crippen molar-refractivity contribution in [2.24, 2.45) is 0 Å². The summed E-state index contributed by atoms with van der Waals surface area (Å²) in [5.41, 5.74) is -0.609. The van der Waals surface area contributed by atoms with Crippen LogP contribution in [-0.4, -0.2) is 25.8 Å². The van der Waals surface area contributed by atoms with Crippen LogP contribution in [0.2, 0.25) is 0 Å². The number of sulfonamides is 1. The second-order valence-electron chi connectivity index (χ2n) is 7.21. The van der Waals surface area contributed by atoms with Gasteiger partial charge >= 0.3 is 0 Å². The fraction of sp³-hybridized carbons (Fsp3) is 0.400. The first-order valence-electron chi connectivity index (χ1n) is 9.53. The highest BCUT2D eigenvalue weighted by Gasteiger charge is 2.40. The van der Waals surface area contributed by atoms with Crippen LogP contribution in [0.25, 0.3) is 0 Å². The van der Waals surface area contributed by atoms with E-state index in [1.807, 2.05) is 0 Å². The summed E-state index contributed by atoms with van der Waals surface area (Å²) in [5.74, 6) is -0.0985. The van der Waals surface area contributed by atoms with E-state index in [1.165, 1.54) is 25.3 Å². The Hall–Kier alpha value is -2.65. The van der Waals surface area contributed by atoms with Gasteiger partial charge in [-0.05, 0) is 43.2 Å². The van der Waals surface area contributed by atoms with Crippen LogP contribution in [0.15, 0.2) is 52.0 Å².